The topological polar surface area (TPSA) is 34.5 Å². The Labute approximate surface area is 122 Å². The van der Waals surface area contributed by atoms with Crippen LogP contribution in [0.3, 0.4) is 0 Å². The van der Waals surface area contributed by atoms with Crippen molar-refractivity contribution in [3.63, 3.8) is 0 Å². The maximum Gasteiger partial charge on any atom is 0.337 e. The van der Waals surface area contributed by atoms with Gasteiger partial charge in [0, 0.05) is 30.9 Å². The Morgan fingerprint density at radius 3 is 2.95 bits per heavy atom. The summed E-state index contributed by atoms with van der Waals surface area (Å²) >= 11 is 1.78. The van der Waals surface area contributed by atoms with Crippen LogP contribution in [0.25, 0.3) is 10.9 Å². The summed E-state index contributed by atoms with van der Waals surface area (Å²) in [5, 5.41) is 1.17. The molecule has 0 atom stereocenters. The molecule has 0 saturated heterocycles. The molecule has 1 aliphatic rings. The van der Waals surface area contributed by atoms with E-state index in [4.69, 9.17) is 4.74 Å². The molecule has 0 saturated carbocycles. The zero-order chi connectivity index (χ0) is 14.3. The first-order chi connectivity index (χ1) is 9.65. The minimum absolute atomic E-state index is 0.277. The molecule has 1 aromatic carbocycles. The smallest absolute Gasteiger partial charge is 0.337 e. The van der Waals surface area contributed by atoms with Crippen LogP contribution in [-0.2, 0) is 17.7 Å². The zero-order valence-electron chi connectivity index (χ0n) is 12.0. The molecule has 2 heterocycles. The lowest BCUT2D eigenvalue weighted by Gasteiger charge is -2.17. The van der Waals surface area contributed by atoms with Crippen molar-refractivity contribution in [2.75, 3.05) is 24.2 Å². The Kier molecular flexibility index (Phi) is 3.38. The van der Waals surface area contributed by atoms with Crippen LogP contribution in [0, 0.1) is 0 Å². The van der Waals surface area contributed by atoms with E-state index in [0.717, 1.165) is 24.4 Å². The maximum absolute atomic E-state index is 11.9. The average molecular weight is 290 g/mol. The fraction of sp³-hybridized carbons (Fsp3) is 0.400. The van der Waals surface area contributed by atoms with Gasteiger partial charge in [0.2, 0.25) is 0 Å². The third-order valence-corrected chi connectivity index (χ3v) is 4.74. The normalized spacial score (nSPS) is 14.4. The first kappa shape index (κ1) is 13.4. The van der Waals surface area contributed by atoms with E-state index in [1.165, 1.54) is 23.6 Å². The fourth-order valence-electron chi connectivity index (χ4n) is 2.77. The van der Waals surface area contributed by atoms with Gasteiger partial charge in [-0.15, -0.1) is 0 Å². The predicted octanol–water partition coefficient (Wildman–Crippen LogP) is 3.09. The van der Waals surface area contributed by atoms with Crippen molar-refractivity contribution in [1.82, 2.24) is 4.57 Å². The lowest BCUT2D eigenvalue weighted by Crippen LogP contribution is -2.09. The largest absolute Gasteiger partial charge is 0.465 e. The lowest BCUT2D eigenvalue weighted by molar-refractivity contribution is 0.0601. The van der Waals surface area contributed by atoms with Crippen LogP contribution >= 0.6 is 11.9 Å². The van der Waals surface area contributed by atoms with Crippen LogP contribution in [0.15, 0.2) is 18.3 Å². The van der Waals surface area contributed by atoms with E-state index in [1.54, 1.807) is 11.9 Å². The molecular formula is C15H18N2O2S. The van der Waals surface area contributed by atoms with Gasteiger partial charge in [-0.3, -0.25) is 0 Å². The maximum atomic E-state index is 11.9. The summed E-state index contributed by atoms with van der Waals surface area (Å²) in [7, 11) is 3.48. The molecule has 20 heavy (non-hydrogen) atoms. The SMILES string of the molecule is CCc1cn2c3c(cc(C(=O)OC)cc13)N(C)SCC2. The second kappa shape index (κ2) is 5.05. The monoisotopic (exact) mass is 290 g/mol. The third kappa shape index (κ3) is 1.97. The van der Waals surface area contributed by atoms with Crippen LogP contribution in [0.5, 0.6) is 0 Å². The summed E-state index contributed by atoms with van der Waals surface area (Å²) in [6.07, 6.45) is 3.18. The van der Waals surface area contributed by atoms with Gasteiger partial charge in [-0.2, -0.15) is 0 Å². The van der Waals surface area contributed by atoms with Gasteiger partial charge in [-0.05, 0) is 36.1 Å². The minimum atomic E-state index is -0.277. The summed E-state index contributed by atoms with van der Waals surface area (Å²) in [5.41, 5.74) is 4.22. The van der Waals surface area contributed by atoms with E-state index < -0.39 is 0 Å². The summed E-state index contributed by atoms with van der Waals surface area (Å²) in [6, 6.07) is 3.90. The number of methoxy groups -OCH3 is 1. The van der Waals surface area contributed by atoms with Crippen molar-refractivity contribution >= 4 is 34.5 Å². The molecule has 0 amide bonds. The second-order valence-electron chi connectivity index (χ2n) is 4.92. The summed E-state index contributed by atoms with van der Waals surface area (Å²) in [6.45, 7) is 3.14. The number of anilines is 1. The molecule has 2 aromatic rings. The zero-order valence-corrected chi connectivity index (χ0v) is 12.8. The Morgan fingerprint density at radius 2 is 2.25 bits per heavy atom. The average Bonchev–Trinajstić information content (AvgIpc) is 2.74. The van der Waals surface area contributed by atoms with Gasteiger partial charge in [0.25, 0.3) is 0 Å². The highest BCUT2D eigenvalue weighted by Gasteiger charge is 2.21. The molecule has 0 radical (unpaired) electrons. The molecule has 0 N–H and O–H groups in total. The van der Waals surface area contributed by atoms with Crippen molar-refractivity contribution < 1.29 is 9.53 Å². The number of nitrogens with zero attached hydrogens (tertiary/aromatic N) is 2. The Balaban J connectivity index is 2.33. The fourth-order valence-corrected chi connectivity index (χ4v) is 3.60. The van der Waals surface area contributed by atoms with E-state index in [1.807, 2.05) is 12.1 Å². The van der Waals surface area contributed by atoms with Crippen LogP contribution in [0.1, 0.15) is 22.8 Å². The van der Waals surface area contributed by atoms with Crippen molar-refractivity contribution in [1.29, 1.82) is 0 Å². The van der Waals surface area contributed by atoms with Gasteiger partial charge in [-0.25, -0.2) is 4.79 Å². The second-order valence-corrected chi connectivity index (χ2v) is 6.13. The van der Waals surface area contributed by atoms with Gasteiger partial charge >= 0.3 is 5.97 Å². The number of esters is 1. The number of hydrogen-bond donors (Lipinski definition) is 0. The van der Waals surface area contributed by atoms with Crippen molar-refractivity contribution in [3.8, 4) is 0 Å². The molecule has 5 heteroatoms. The summed E-state index contributed by atoms with van der Waals surface area (Å²) < 4.78 is 9.34. The van der Waals surface area contributed by atoms with Gasteiger partial charge < -0.3 is 13.6 Å². The number of hydrogen-bond acceptors (Lipinski definition) is 4. The Bertz CT molecular complexity index is 678. The number of ether oxygens (including phenoxy) is 1. The van der Waals surface area contributed by atoms with Crippen LogP contribution < -0.4 is 4.31 Å². The predicted molar refractivity (Wildman–Crippen MR) is 83.5 cm³/mol. The quantitative estimate of drug-likeness (QED) is 0.629. The highest BCUT2D eigenvalue weighted by Crippen LogP contribution is 2.37. The molecule has 0 bridgehead atoms. The van der Waals surface area contributed by atoms with Crippen molar-refractivity contribution in [3.05, 3.63) is 29.5 Å². The molecule has 1 aliphatic heterocycles. The number of rotatable bonds is 2. The van der Waals surface area contributed by atoms with Crippen molar-refractivity contribution in [2.24, 2.45) is 0 Å². The molecule has 3 rings (SSSR count). The van der Waals surface area contributed by atoms with E-state index in [2.05, 4.69) is 29.0 Å². The van der Waals surface area contributed by atoms with Crippen LogP contribution in [0.2, 0.25) is 0 Å². The number of aryl methyl sites for hydroxylation is 2. The molecule has 1 aromatic heterocycles. The number of benzene rings is 1. The van der Waals surface area contributed by atoms with E-state index in [-0.39, 0.29) is 5.97 Å². The molecule has 0 spiro atoms. The van der Waals surface area contributed by atoms with E-state index in [9.17, 15) is 4.79 Å². The van der Waals surface area contributed by atoms with Gasteiger partial charge in [0.15, 0.2) is 0 Å². The molecule has 4 nitrogen and oxygen atoms in total. The van der Waals surface area contributed by atoms with Crippen LogP contribution in [-0.4, -0.2) is 30.4 Å². The van der Waals surface area contributed by atoms with Gasteiger partial charge in [0.1, 0.15) is 0 Å². The standard InChI is InChI=1S/C15H18N2O2S/c1-4-10-9-17-5-6-20-16(2)13-8-11(15(18)19-3)7-12(10)14(13)17/h7-9H,4-6H2,1-3H3. The van der Waals surface area contributed by atoms with Crippen molar-refractivity contribution in [2.45, 2.75) is 19.9 Å². The third-order valence-electron chi connectivity index (χ3n) is 3.79. The Hall–Kier alpha value is -1.62. The first-order valence-corrected chi connectivity index (χ1v) is 7.70. The molecule has 0 fully saturated rings. The summed E-state index contributed by atoms with van der Waals surface area (Å²) in [5.74, 6) is 0.756. The number of aromatic nitrogens is 1. The molecular weight excluding hydrogens is 272 g/mol. The lowest BCUT2D eigenvalue weighted by atomic mass is 10.1. The number of carbonyl (C=O) groups excluding carboxylic acids is 1. The Morgan fingerprint density at radius 1 is 1.45 bits per heavy atom. The first-order valence-electron chi connectivity index (χ1n) is 6.76. The highest BCUT2D eigenvalue weighted by molar-refractivity contribution is 8.00. The summed E-state index contributed by atoms with van der Waals surface area (Å²) in [4.78, 5) is 11.9. The molecule has 0 aliphatic carbocycles. The van der Waals surface area contributed by atoms with E-state index in [0.29, 0.717) is 5.56 Å². The molecule has 106 valence electrons. The van der Waals surface area contributed by atoms with E-state index >= 15 is 0 Å². The molecule has 0 unspecified atom stereocenters. The van der Waals surface area contributed by atoms with Gasteiger partial charge in [0.05, 0.1) is 23.9 Å². The van der Waals surface area contributed by atoms with Gasteiger partial charge in [-0.1, -0.05) is 6.92 Å². The minimum Gasteiger partial charge on any atom is -0.465 e. The van der Waals surface area contributed by atoms with Crippen LogP contribution in [0.4, 0.5) is 5.69 Å². The number of carbonyl (C=O) groups is 1. The highest BCUT2D eigenvalue weighted by atomic mass is 32.2.